The second-order valence-electron chi connectivity index (χ2n) is 9.52. The molecule has 6 nitrogen and oxygen atoms in total. The number of carbonyl (C=O) groups is 2. The predicted octanol–water partition coefficient (Wildman–Crippen LogP) is 2.55. The van der Waals surface area contributed by atoms with Gasteiger partial charge in [0.2, 0.25) is 5.78 Å². The zero-order chi connectivity index (χ0) is 25.0. The predicted molar refractivity (Wildman–Crippen MR) is 134 cm³/mol. The number of nitrogens with zero attached hydrogens (tertiary/aromatic N) is 1. The van der Waals surface area contributed by atoms with Gasteiger partial charge in [-0.15, -0.1) is 0 Å². The molecule has 1 atom stereocenters. The van der Waals surface area contributed by atoms with Gasteiger partial charge in [0.05, 0.1) is 33.3 Å². The van der Waals surface area contributed by atoms with E-state index in [0.717, 1.165) is 28.6 Å². The summed E-state index contributed by atoms with van der Waals surface area (Å²) in [6.45, 7) is 7.86. The van der Waals surface area contributed by atoms with E-state index in [1.165, 1.54) is 4.90 Å². The Hall–Kier alpha value is -2.64. The number of ether oxygens (including phenoxy) is 1. The van der Waals surface area contributed by atoms with E-state index >= 15 is 0 Å². The van der Waals surface area contributed by atoms with Gasteiger partial charge >= 0.3 is 0 Å². The van der Waals surface area contributed by atoms with Gasteiger partial charge in [0.15, 0.2) is 0 Å². The first-order valence-corrected chi connectivity index (χ1v) is 12.4. The summed E-state index contributed by atoms with van der Waals surface area (Å²) < 4.78 is 6.71. The van der Waals surface area contributed by atoms with Crippen LogP contribution < -0.4 is 14.7 Å². The highest BCUT2D eigenvalue weighted by Gasteiger charge is 2.43. The normalized spacial score (nSPS) is 17.8. The molecule has 2 aromatic rings. The molecular weight excluding hydrogens is 496 g/mol. The minimum atomic E-state index is -0.715. The summed E-state index contributed by atoms with van der Waals surface area (Å²) in [4.78, 5) is 28.9. The molecule has 3 rings (SSSR count). The number of halogens is 1. The van der Waals surface area contributed by atoms with Crippen LogP contribution in [0.1, 0.15) is 43.0 Å². The van der Waals surface area contributed by atoms with Crippen LogP contribution in [0.15, 0.2) is 52.5 Å². The van der Waals surface area contributed by atoms with E-state index in [1.807, 2.05) is 45.3 Å². The summed E-state index contributed by atoms with van der Waals surface area (Å²) in [5, 5.41) is 13.6. The molecule has 0 bridgehead atoms. The molecule has 0 spiro atoms. The minimum Gasteiger partial charge on any atom is -0.872 e. The zero-order valence-electron chi connectivity index (χ0n) is 20.5. The number of amides is 1. The van der Waals surface area contributed by atoms with Crippen molar-refractivity contribution in [2.75, 3.05) is 33.8 Å². The van der Waals surface area contributed by atoms with Gasteiger partial charge in [0.25, 0.3) is 5.91 Å². The Morgan fingerprint density at radius 2 is 1.82 bits per heavy atom. The van der Waals surface area contributed by atoms with E-state index in [-0.39, 0.29) is 5.57 Å². The number of hydrogen-bond donors (Lipinski definition) is 1. The van der Waals surface area contributed by atoms with Crippen molar-refractivity contribution in [1.82, 2.24) is 4.90 Å². The van der Waals surface area contributed by atoms with Crippen molar-refractivity contribution in [3.63, 3.8) is 0 Å². The Kier molecular flexibility index (Phi) is 8.55. The third-order valence-corrected chi connectivity index (χ3v) is 6.33. The highest BCUT2D eigenvalue weighted by molar-refractivity contribution is 9.10. The van der Waals surface area contributed by atoms with Crippen LogP contribution in [0.3, 0.4) is 0 Å². The van der Waals surface area contributed by atoms with Crippen molar-refractivity contribution >= 4 is 33.4 Å². The van der Waals surface area contributed by atoms with Crippen molar-refractivity contribution in [3.8, 4) is 5.75 Å². The fourth-order valence-electron chi connectivity index (χ4n) is 4.06. The molecule has 0 radical (unpaired) electrons. The molecule has 1 heterocycles. The van der Waals surface area contributed by atoms with Gasteiger partial charge in [0, 0.05) is 23.0 Å². The molecule has 1 unspecified atom stereocenters. The molecule has 182 valence electrons. The lowest BCUT2D eigenvalue weighted by Gasteiger charge is -2.28. The van der Waals surface area contributed by atoms with Crippen molar-refractivity contribution in [2.24, 2.45) is 5.92 Å². The number of nitrogens with one attached hydrogen (secondary N) is 1. The topological polar surface area (TPSA) is 74.1 Å². The highest BCUT2D eigenvalue weighted by atomic mass is 79.9. The van der Waals surface area contributed by atoms with Crippen LogP contribution in [-0.2, 0) is 9.59 Å². The third-order valence-electron chi connectivity index (χ3n) is 5.80. The van der Waals surface area contributed by atoms with E-state index < -0.39 is 23.5 Å². The second-order valence-corrected chi connectivity index (χ2v) is 10.4. The smallest absolute Gasteiger partial charge is 0.295 e. The van der Waals surface area contributed by atoms with Crippen LogP contribution in [0.5, 0.6) is 5.75 Å². The van der Waals surface area contributed by atoms with E-state index in [0.29, 0.717) is 30.4 Å². The lowest BCUT2D eigenvalue weighted by atomic mass is 9.94. The minimum absolute atomic E-state index is 0.0137. The SMILES string of the molecule is Cc1cc(C([O-])=C2C(=O)C(=O)N(CCC[NH+](C)C)C2c2ccc(Br)cc2)ccc1OCC(C)C. The van der Waals surface area contributed by atoms with Crippen LogP contribution in [-0.4, -0.2) is 50.4 Å². The lowest BCUT2D eigenvalue weighted by Crippen LogP contribution is -3.05. The monoisotopic (exact) mass is 528 g/mol. The van der Waals surface area contributed by atoms with Crippen molar-refractivity contribution in [1.29, 1.82) is 0 Å². The maximum atomic E-state index is 13.6. The Morgan fingerprint density at radius 3 is 2.41 bits per heavy atom. The molecule has 0 aromatic heterocycles. The van der Waals surface area contributed by atoms with Gasteiger partial charge in [-0.25, -0.2) is 0 Å². The molecule has 7 heteroatoms. The fourth-order valence-corrected chi connectivity index (χ4v) is 4.32. The lowest BCUT2D eigenvalue weighted by molar-refractivity contribution is -0.858. The van der Waals surface area contributed by atoms with E-state index in [9.17, 15) is 14.7 Å². The van der Waals surface area contributed by atoms with Crippen LogP contribution in [0, 0.1) is 12.8 Å². The number of quaternary nitrogens is 1. The molecule has 1 aliphatic rings. The van der Waals surface area contributed by atoms with Crippen molar-refractivity contribution < 1.29 is 24.3 Å². The summed E-state index contributed by atoms with van der Waals surface area (Å²) >= 11 is 3.43. The van der Waals surface area contributed by atoms with Crippen LogP contribution in [0.25, 0.3) is 5.76 Å². The average molecular weight is 529 g/mol. The maximum Gasteiger partial charge on any atom is 0.295 e. The zero-order valence-corrected chi connectivity index (χ0v) is 22.1. The molecular formula is C27H33BrN2O4. The molecule has 1 N–H and O–H groups in total. The van der Waals surface area contributed by atoms with Gasteiger partial charge in [-0.2, -0.15) is 0 Å². The van der Waals surface area contributed by atoms with Gasteiger partial charge in [0.1, 0.15) is 5.75 Å². The number of likely N-dealkylation sites (tertiary alicyclic amines) is 1. The molecule has 2 aromatic carbocycles. The fraction of sp³-hybridized carbons (Fsp3) is 0.407. The molecule has 1 aliphatic heterocycles. The summed E-state index contributed by atoms with van der Waals surface area (Å²) in [6, 6.07) is 11.9. The first kappa shape index (κ1) is 26.0. The van der Waals surface area contributed by atoms with E-state index in [1.54, 1.807) is 23.1 Å². The molecule has 1 saturated heterocycles. The first-order chi connectivity index (χ1) is 16.1. The summed E-state index contributed by atoms with van der Waals surface area (Å²) in [6.07, 6.45) is 0.733. The molecule has 1 amide bonds. The highest BCUT2D eigenvalue weighted by Crippen LogP contribution is 2.39. The second kappa shape index (κ2) is 11.2. The van der Waals surface area contributed by atoms with Crippen LogP contribution in [0.2, 0.25) is 0 Å². The quantitative estimate of drug-likeness (QED) is 0.308. The van der Waals surface area contributed by atoms with Crippen LogP contribution >= 0.6 is 15.9 Å². The van der Waals surface area contributed by atoms with Gasteiger partial charge in [-0.3, -0.25) is 9.59 Å². The Bertz CT molecular complexity index is 1080. The standard InChI is InChI=1S/C27H33BrN2O4/c1-17(2)16-34-22-12-9-20(15-18(22)3)25(31)23-24(19-7-10-21(28)11-8-19)30(27(33)26(23)32)14-6-13-29(4)5/h7-12,15,17,24,31H,6,13-14,16H2,1-5H3. The summed E-state index contributed by atoms with van der Waals surface area (Å²) in [7, 11) is 4.09. The number of hydrogen-bond acceptors (Lipinski definition) is 4. The molecule has 1 fully saturated rings. The average Bonchev–Trinajstić information content (AvgIpc) is 3.03. The Labute approximate surface area is 210 Å². The summed E-state index contributed by atoms with van der Waals surface area (Å²) in [5.74, 6) is -0.650. The molecule has 0 aliphatic carbocycles. The number of carbonyl (C=O) groups excluding carboxylic acids is 2. The van der Waals surface area contributed by atoms with Gasteiger partial charge in [-0.1, -0.05) is 53.7 Å². The molecule has 34 heavy (non-hydrogen) atoms. The molecule has 0 saturated carbocycles. The van der Waals surface area contributed by atoms with E-state index in [4.69, 9.17) is 4.74 Å². The number of aryl methyl sites for hydroxylation is 1. The van der Waals surface area contributed by atoms with Crippen LogP contribution in [0.4, 0.5) is 0 Å². The first-order valence-electron chi connectivity index (χ1n) is 11.6. The largest absolute Gasteiger partial charge is 0.872 e. The number of benzene rings is 2. The van der Waals surface area contributed by atoms with Gasteiger partial charge < -0.3 is 19.6 Å². The third kappa shape index (κ3) is 5.88. The van der Waals surface area contributed by atoms with Crippen molar-refractivity contribution in [2.45, 2.75) is 33.2 Å². The van der Waals surface area contributed by atoms with Crippen molar-refractivity contribution in [3.05, 3.63) is 69.2 Å². The number of Topliss-reactive ketones (excluding diaryl/α,β-unsaturated/α-hetero) is 1. The summed E-state index contributed by atoms with van der Waals surface area (Å²) in [5.41, 5.74) is 1.96. The maximum absolute atomic E-state index is 13.6. The van der Waals surface area contributed by atoms with Gasteiger partial charge in [-0.05, 0) is 53.8 Å². The Balaban J connectivity index is 2.03. The number of ketones is 1. The van der Waals surface area contributed by atoms with E-state index in [2.05, 4.69) is 29.8 Å². The Morgan fingerprint density at radius 1 is 1.15 bits per heavy atom. The number of rotatable bonds is 9.